The van der Waals surface area contributed by atoms with Crippen LogP contribution < -0.4 is 5.32 Å². The van der Waals surface area contributed by atoms with Gasteiger partial charge in [-0.3, -0.25) is 14.5 Å². The average Bonchev–Trinajstić information content (AvgIpc) is 3.56. The molecule has 1 aromatic carbocycles. The fourth-order valence-corrected chi connectivity index (χ4v) is 6.92. The van der Waals surface area contributed by atoms with Crippen molar-refractivity contribution in [3.05, 3.63) is 29.3 Å². The number of carbonyl (C=O) groups is 2. The van der Waals surface area contributed by atoms with Gasteiger partial charge in [0.05, 0.1) is 17.4 Å². The number of fused-ring (bicyclic) bond motifs is 1. The van der Waals surface area contributed by atoms with E-state index in [2.05, 4.69) is 10.2 Å². The van der Waals surface area contributed by atoms with E-state index in [-0.39, 0.29) is 17.7 Å². The number of rotatable bonds is 7. The number of hydrogen-bond acceptors (Lipinski definition) is 5. The summed E-state index contributed by atoms with van der Waals surface area (Å²) >= 11 is 0. The summed E-state index contributed by atoms with van der Waals surface area (Å²) in [4.78, 5) is 29.6. The second kappa shape index (κ2) is 9.95. The molecule has 1 saturated carbocycles. The van der Waals surface area contributed by atoms with Crippen molar-refractivity contribution in [3.8, 4) is 0 Å². The highest BCUT2D eigenvalue weighted by atomic mass is 32.2. The first-order chi connectivity index (χ1) is 16.4. The molecule has 4 aliphatic rings. The number of piperazine rings is 1. The zero-order chi connectivity index (χ0) is 23.7. The molecule has 0 aromatic heterocycles. The molecule has 1 unspecified atom stereocenters. The number of likely N-dealkylation sites (tertiary alicyclic amines) is 1. The third kappa shape index (κ3) is 5.31. The molecule has 0 radical (unpaired) electrons. The zero-order valence-electron chi connectivity index (χ0n) is 19.9. The fourth-order valence-electron chi connectivity index (χ4n) is 5.45. The predicted octanol–water partition coefficient (Wildman–Crippen LogP) is 1.25. The lowest BCUT2D eigenvalue weighted by Crippen LogP contribution is -2.53. The zero-order valence-corrected chi connectivity index (χ0v) is 20.7. The lowest BCUT2D eigenvalue weighted by molar-refractivity contribution is -0.135. The number of aryl methyl sites for hydroxylation is 2. The first kappa shape index (κ1) is 23.8. The van der Waals surface area contributed by atoms with Gasteiger partial charge in [-0.1, -0.05) is 6.07 Å². The van der Waals surface area contributed by atoms with Gasteiger partial charge in [0.15, 0.2) is 0 Å². The molecule has 0 bridgehead atoms. The van der Waals surface area contributed by atoms with E-state index in [9.17, 15) is 18.0 Å². The standard InChI is InChI=1S/C25H36N4O4S/c30-24(18-27-10-2-5-22(17-27)25(31)26-16-19-6-7-19)28-11-13-29(14-12-28)34(32,33)23-9-8-20-3-1-4-21(20)15-23/h8-9,15,19,22H,1-7,10-14,16-18H2,(H,26,31). The quantitative estimate of drug-likeness (QED) is 0.624. The molecule has 1 N–H and O–H groups in total. The van der Waals surface area contributed by atoms with Crippen molar-refractivity contribution >= 4 is 21.8 Å². The molecule has 5 rings (SSSR count). The number of carbonyl (C=O) groups excluding carboxylic acids is 2. The van der Waals surface area contributed by atoms with Crippen LogP contribution in [0.2, 0.25) is 0 Å². The molecule has 1 aromatic rings. The Morgan fingerprint density at radius 1 is 0.941 bits per heavy atom. The van der Waals surface area contributed by atoms with Crippen LogP contribution in [0.4, 0.5) is 0 Å². The molecular formula is C25H36N4O4S. The van der Waals surface area contributed by atoms with Crippen LogP contribution in [0.5, 0.6) is 0 Å². The Kier molecular flexibility index (Phi) is 6.95. The molecule has 2 amide bonds. The van der Waals surface area contributed by atoms with E-state index in [0.717, 1.165) is 50.8 Å². The summed E-state index contributed by atoms with van der Waals surface area (Å²) in [5, 5.41) is 3.07. The summed E-state index contributed by atoms with van der Waals surface area (Å²) in [5.41, 5.74) is 2.41. The predicted molar refractivity (Wildman–Crippen MR) is 129 cm³/mol. The minimum atomic E-state index is -3.54. The van der Waals surface area contributed by atoms with E-state index in [0.29, 0.717) is 50.1 Å². The third-order valence-electron chi connectivity index (χ3n) is 7.80. The second-order valence-electron chi connectivity index (χ2n) is 10.3. The maximum Gasteiger partial charge on any atom is 0.243 e. The molecule has 9 heteroatoms. The maximum atomic E-state index is 13.2. The highest BCUT2D eigenvalue weighted by molar-refractivity contribution is 7.89. The smallest absolute Gasteiger partial charge is 0.243 e. The SMILES string of the molecule is O=C(NCC1CC1)C1CCCN(CC(=O)N2CCN(S(=O)(=O)c3ccc4c(c3)CCC4)CC2)C1. The van der Waals surface area contributed by atoms with Crippen molar-refractivity contribution in [1.82, 2.24) is 19.4 Å². The molecule has 8 nitrogen and oxygen atoms in total. The Bertz CT molecular complexity index is 1030. The summed E-state index contributed by atoms with van der Waals surface area (Å²) in [5.74, 6) is 0.757. The molecule has 2 saturated heterocycles. The number of hydrogen-bond donors (Lipinski definition) is 1. The molecule has 2 aliphatic heterocycles. The molecular weight excluding hydrogens is 452 g/mol. The second-order valence-corrected chi connectivity index (χ2v) is 12.3. The summed E-state index contributed by atoms with van der Waals surface area (Å²) in [6.45, 7) is 3.97. The summed E-state index contributed by atoms with van der Waals surface area (Å²) in [6.07, 6.45) is 7.28. The van der Waals surface area contributed by atoms with Gasteiger partial charge in [-0.25, -0.2) is 8.42 Å². The molecule has 2 aliphatic carbocycles. The van der Waals surface area contributed by atoms with Crippen LogP contribution in [-0.2, 0) is 32.5 Å². The first-order valence-electron chi connectivity index (χ1n) is 12.8. The number of nitrogens with one attached hydrogen (secondary N) is 1. The number of piperidine rings is 1. The van der Waals surface area contributed by atoms with E-state index in [1.165, 1.54) is 22.7 Å². The van der Waals surface area contributed by atoms with Gasteiger partial charge in [-0.05, 0) is 80.7 Å². The van der Waals surface area contributed by atoms with Gasteiger partial charge in [0.2, 0.25) is 21.8 Å². The highest BCUT2D eigenvalue weighted by Gasteiger charge is 2.33. The Hall–Kier alpha value is -1.97. The molecule has 34 heavy (non-hydrogen) atoms. The van der Waals surface area contributed by atoms with Gasteiger partial charge in [0.1, 0.15) is 0 Å². The van der Waals surface area contributed by atoms with Crippen LogP contribution >= 0.6 is 0 Å². The normalized spacial score (nSPS) is 24.1. The Morgan fingerprint density at radius 2 is 1.71 bits per heavy atom. The monoisotopic (exact) mass is 488 g/mol. The number of nitrogens with zero attached hydrogens (tertiary/aromatic N) is 3. The van der Waals surface area contributed by atoms with Gasteiger partial charge in [0, 0.05) is 39.3 Å². The van der Waals surface area contributed by atoms with Crippen LogP contribution in [0.25, 0.3) is 0 Å². The molecule has 186 valence electrons. The van der Waals surface area contributed by atoms with Gasteiger partial charge >= 0.3 is 0 Å². The molecule has 2 heterocycles. The van der Waals surface area contributed by atoms with Crippen molar-refractivity contribution in [3.63, 3.8) is 0 Å². The highest BCUT2D eigenvalue weighted by Crippen LogP contribution is 2.28. The lowest BCUT2D eigenvalue weighted by Gasteiger charge is -2.36. The number of sulfonamides is 1. The van der Waals surface area contributed by atoms with Crippen LogP contribution in [0.3, 0.4) is 0 Å². The number of amides is 2. The maximum absolute atomic E-state index is 13.2. The van der Waals surface area contributed by atoms with Gasteiger partial charge in [-0.15, -0.1) is 0 Å². The van der Waals surface area contributed by atoms with Gasteiger partial charge < -0.3 is 10.2 Å². The Morgan fingerprint density at radius 3 is 2.47 bits per heavy atom. The van der Waals surface area contributed by atoms with E-state index >= 15 is 0 Å². The summed E-state index contributed by atoms with van der Waals surface area (Å²) in [6, 6.07) is 5.51. The van der Waals surface area contributed by atoms with Crippen LogP contribution in [0.15, 0.2) is 23.1 Å². The molecule has 1 atom stereocenters. The van der Waals surface area contributed by atoms with E-state index < -0.39 is 10.0 Å². The van der Waals surface area contributed by atoms with E-state index in [1.54, 1.807) is 11.0 Å². The topological polar surface area (TPSA) is 90.0 Å². The minimum Gasteiger partial charge on any atom is -0.356 e. The van der Waals surface area contributed by atoms with Gasteiger partial charge in [-0.2, -0.15) is 4.31 Å². The van der Waals surface area contributed by atoms with Crippen LogP contribution in [0.1, 0.15) is 43.2 Å². The lowest BCUT2D eigenvalue weighted by atomic mass is 9.97. The van der Waals surface area contributed by atoms with Crippen LogP contribution in [0, 0.1) is 11.8 Å². The Balaban J connectivity index is 1.11. The van der Waals surface area contributed by atoms with Crippen molar-refractivity contribution in [1.29, 1.82) is 0 Å². The van der Waals surface area contributed by atoms with Crippen molar-refractivity contribution < 1.29 is 18.0 Å². The largest absolute Gasteiger partial charge is 0.356 e. The van der Waals surface area contributed by atoms with Crippen molar-refractivity contribution in [2.75, 3.05) is 52.4 Å². The first-order valence-corrected chi connectivity index (χ1v) is 14.2. The number of benzene rings is 1. The molecule has 3 fully saturated rings. The minimum absolute atomic E-state index is 0.0219. The van der Waals surface area contributed by atoms with E-state index in [4.69, 9.17) is 0 Å². The summed E-state index contributed by atoms with van der Waals surface area (Å²) in [7, 11) is -3.54. The van der Waals surface area contributed by atoms with Crippen LogP contribution in [-0.4, -0.2) is 86.7 Å². The average molecular weight is 489 g/mol. The Labute approximate surface area is 202 Å². The third-order valence-corrected chi connectivity index (χ3v) is 9.69. The summed E-state index contributed by atoms with van der Waals surface area (Å²) < 4.78 is 27.8. The van der Waals surface area contributed by atoms with Crippen molar-refractivity contribution in [2.24, 2.45) is 11.8 Å². The van der Waals surface area contributed by atoms with Crippen molar-refractivity contribution in [2.45, 2.75) is 49.8 Å². The fraction of sp³-hybridized carbons (Fsp3) is 0.680. The van der Waals surface area contributed by atoms with E-state index in [1.807, 2.05) is 12.1 Å². The van der Waals surface area contributed by atoms with Gasteiger partial charge in [0.25, 0.3) is 0 Å². The molecule has 0 spiro atoms.